The number of carbonyl (C=O) groups is 5. The van der Waals surface area contributed by atoms with Crippen LogP contribution >= 0.6 is 0 Å². The molecule has 4 fully saturated rings. The topological polar surface area (TPSA) is 184 Å². The quantitative estimate of drug-likeness (QED) is 0.189. The average Bonchev–Trinajstić information content (AvgIpc) is 3.52. The molecular weight excluding hydrogens is 813 g/mol. The van der Waals surface area contributed by atoms with Crippen molar-refractivity contribution in [3.63, 3.8) is 0 Å². The van der Waals surface area contributed by atoms with Gasteiger partial charge in [-0.1, -0.05) is 0 Å². The zero-order valence-electron chi connectivity index (χ0n) is 36.7. The van der Waals surface area contributed by atoms with Crippen LogP contribution in [0.1, 0.15) is 92.5 Å². The minimum absolute atomic E-state index is 0.0141. The first-order valence-electron chi connectivity index (χ1n) is 22.5. The maximum absolute atomic E-state index is 13.6. The van der Waals surface area contributed by atoms with Crippen LogP contribution in [0.5, 0.6) is 5.75 Å². The van der Waals surface area contributed by atoms with Gasteiger partial charge in [0.15, 0.2) is 0 Å². The summed E-state index contributed by atoms with van der Waals surface area (Å²) in [6.45, 7) is 12.6. The number of nitrogens with one attached hydrogen (secondary N) is 2. The van der Waals surface area contributed by atoms with E-state index >= 15 is 0 Å². The summed E-state index contributed by atoms with van der Waals surface area (Å²) in [5.41, 5.74) is 3.36. The number of nitrogens with zero attached hydrogens (tertiary/aromatic N) is 8. The molecule has 3 atom stereocenters. The van der Waals surface area contributed by atoms with Gasteiger partial charge in [0.2, 0.25) is 11.8 Å². The van der Waals surface area contributed by atoms with E-state index < -0.39 is 29.7 Å². The predicted molar refractivity (Wildman–Crippen MR) is 240 cm³/mol. The van der Waals surface area contributed by atoms with Crippen molar-refractivity contribution in [1.82, 2.24) is 30.0 Å². The number of nitriles is 1. The minimum Gasteiger partial charge on any atom is -0.490 e. The lowest BCUT2D eigenvalue weighted by molar-refractivity contribution is -0.136. The Morgan fingerprint density at radius 2 is 1.73 bits per heavy atom. The van der Waals surface area contributed by atoms with E-state index in [0.29, 0.717) is 53.6 Å². The Morgan fingerprint density at radius 3 is 2.45 bits per heavy atom. The van der Waals surface area contributed by atoms with Crippen LogP contribution in [0.15, 0.2) is 67.0 Å². The Bertz CT molecular complexity index is 2530. The maximum atomic E-state index is 13.6. The Labute approximate surface area is 372 Å². The zero-order chi connectivity index (χ0) is 44.8. The largest absolute Gasteiger partial charge is 0.490 e. The van der Waals surface area contributed by atoms with Gasteiger partial charge in [0.05, 0.1) is 34.1 Å². The molecule has 16 heteroatoms. The van der Waals surface area contributed by atoms with Gasteiger partial charge in [-0.3, -0.25) is 39.3 Å². The monoisotopic (exact) mass is 866 g/mol. The van der Waals surface area contributed by atoms with Crippen LogP contribution < -0.4 is 25.2 Å². The maximum Gasteiger partial charge on any atom is 0.322 e. The normalized spacial score (nSPS) is 23.9. The fraction of sp³-hybridized carbons (Fsp3) is 0.458. The van der Waals surface area contributed by atoms with Crippen LogP contribution in [-0.4, -0.2) is 123 Å². The first kappa shape index (κ1) is 42.7. The molecule has 2 aromatic heterocycles. The van der Waals surface area contributed by atoms with Gasteiger partial charge in [0, 0.05) is 93.4 Å². The van der Waals surface area contributed by atoms with E-state index in [2.05, 4.69) is 64.1 Å². The van der Waals surface area contributed by atoms with E-state index in [0.717, 1.165) is 67.1 Å². The number of piperazine rings is 1. The molecule has 64 heavy (non-hydrogen) atoms. The molecule has 16 nitrogen and oxygen atoms in total. The third-order valence-electron chi connectivity index (χ3n) is 13.7. The number of rotatable bonds is 10. The highest BCUT2D eigenvalue weighted by Crippen LogP contribution is 2.36. The van der Waals surface area contributed by atoms with Crippen LogP contribution in [0.25, 0.3) is 10.9 Å². The van der Waals surface area contributed by atoms with E-state index in [9.17, 15) is 29.2 Å². The molecule has 332 valence electrons. The molecule has 0 radical (unpaired) electrons. The third kappa shape index (κ3) is 8.20. The number of hydrogen-bond acceptors (Lipinski definition) is 12. The van der Waals surface area contributed by atoms with Gasteiger partial charge < -0.3 is 24.8 Å². The van der Waals surface area contributed by atoms with E-state index in [1.165, 1.54) is 0 Å². The molecule has 9 rings (SSSR count). The van der Waals surface area contributed by atoms with Crippen molar-refractivity contribution in [2.45, 2.75) is 103 Å². The summed E-state index contributed by atoms with van der Waals surface area (Å²) < 4.78 is 6.31. The first-order chi connectivity index (χ1) is 30.9. The lowest BCUT2D eigenvalue weighted by atomic mass is 9.85. The fourth-order valence-electron chi connectivity index (χ4n) is 10.1. The van der Waals surface area contributed by atoms with Crippen molar-refractivity contribution < 1.29 is 28.7 Å². The number of carbonyl (C=O) groups excluding carboxylic acids is 5. The molecule has 1 saturated carbocycles. The number of ether oxygens (including phenoxy) is 1. The summed E-state index contributed by atoms with van der Waals surface area (Å²) >= 11 is 0. The lowest BCUT2D eigenvalue weighted by Crippen LogP contribution is -2.59. The van der Waals surface area contributed by atoms with E-state index in [-0.39, 0.29) is 48.2 Å². The summed E-state index contributed by atoms with van der Waals surface area (Å²) in [5, 5.41) is 15.8. The van der Waals surface area contributed by atoms with Crippen molar-refractivity contribution >= 4 is 57.8 Å². The van der Waals surface area contributed by atoms with Crippen LogP contribution in [-0.2, 0) is 9.59 Å². The fourth-order valence-corrected chi connectivity index (χ4v) is 10.1. The van der Waals surface area contributed by atoms with Crippen molar-refractivity contribution in [2.75, 3.05) is 47.8 Å². The number of hydrogen-bond donors (Lipinski definition) is 2. The number of anilines is 3. The second-order valence-corrected chi connectivity index (χ2v) is 18.2. The standard InChI is InChI=1S/C48H54N10O6/c1-28(2)55(34-20-36(21-34)64-35-9-10-37-39(22-35)47(62)58(46(37)61)41-12-14-43(59)53-45(41)60)27-31-15-18-54(19-16-31)42-13-8-33(24-51-42)52-48(63)57-26-29(3)56(25-30(57)4)40-11-7-32(23-49)44-38(40)6-5-17-50-44/h5-11,13,17,22,24,28-31,34,36,41H,12,14-16,18-21,25-27H2,1-4H3,(H,52,63)(H,53,59,60)/t29-,30+,34?,36?,41+/m0/s1. The van der Waals surface area contributed by atoms with Crippen LogP contribution in [0, 0.1) is 17.2 Å². The molecule has 3 saturated heterocycles. The Hall–Kier alpha value is -6.60. The minimum atomic E-state index is -1.00. The number of urea groups is 1. The highest BCUT2D eigenvalue weighted by Gasteiger charge is 2.45. The zero-order valence-corrected chi connectivity index (χ0v) is 36.7. The van der Waals surface area contributed by atoms with E-state index in [1.54, 1.807) is 30.6 Å². The summed E-state index contributed by atoms with van der Waals surface area (Å²) in [6, 6.07) is 18.3. The molecular formula is C48H54N10O6. The van der Waals surface area contributed by atoms with Crippen LogP contribution in [0.3, 0.4) is 0 Å². The van der Waals surface area contributed by atoms with Crippen molar-refractivity contribution in [3.8, 4) is 11.8 Å². The van der Waals surface area contributed by atoms with Gasteiger partial charge in [-0.05, 0) is 107 Å². The van der Waals surface area contributed by atoms with Gasteiger partial charge in [0.1, 0.15) is 29.8 Å². The van der Waals surface area contributed by atoms with Gasteiger partial charge in [-0.2, -0.15) is 5.26 Å². The van der Waals surface area contributed by atoms with Crippen molar-refractivity contribution in [3.05, 3.63) is 83.7 Å². The number of amides is 6. The van der Waals surface area contributed by atoms with Crippen molar-refractivity contribution in [1.29, 1.82) is 5.26 Å². The number of pyridine rings is 2. The predicted octanol–water partition coefficient (Wildman–Crippen LogP) is 5.57. The highest BCUT2D eigenvalue weighted by atomic mass is 16.5. The molecule has 2 aromatic carbocycles. The smallest absolute Gasteiger partial charge is 0.322 e. The Balaban J connectivity index is 0.732. The van der Waals surface area contributed by atoms with Crippen LogP contribution in [0.4, 0.5) is 22.0 Å². The molecule has 1 aliphatic carbocycles. The molecule has 0 bridgehead atoms. The average molecular weight is 867 g/mol. The third-order valence-corrected chi connectivity index (χ3v) is 13.7. The lowest BCUT2D eigenvalue weighted by Gasteiger charge is -2.46. The van der Waals surface area contributed by atoms with E-state index in [1.807, 2.05) is 41.3 Å². The summed E-state index contributed by atoms with van der Waals surface area (Å²) in [5.74, 6) is -0.138. The molecule has 2 N–H and O–H groups in total. The SMILES string of the molecule is CC(C)N(CC1CCN(c2ccc(NC(=O)N3C[C@H](C)N(c4ccc(C#N)c5ncccc45)C[C@H]3C)cn2)CC1)C1CC(Oc2ccc3c(c2)C(=O)N([C@@H]2CCC(=O)NC2=O)C3=O)C1. The van der Waals surface area contributed by atoms with Crippen molar-refractivity contribution in [2.24, 2.45) is 5.92 Å². The number of aromatic nitrogens is 2. The highest BCUT2D eigenvalue weighted by molar-refractivity contribution is 6.23. The first-order valence-corrected chi connectivity index (χ1v) is 22.5. The summed E-state index contributed by atoms with van der Waals surface area (Å²) in [4.78, 5) is 83.4. The Morgan fingerprint density at radius 1 is 0.953 bits per heavy atom. The van der Waals surface area contributed by atoms with Gasteiger partial charge in [0.25, 0.3) is 11.8 Å². The molecule has 5 aliphatic rings. The summed E-state index contributed by atoms with van der Waals surface area (Å²) in [6.07, 6.45) is 7.43. The second-order valence-electron chi connectivity index (χ2n) is 18.2. The number of piperidine rings is 2. The molecule has 4 aromatic rings. The molecule has 6 heterocycles. The van der Waals surface area contributed by atoms with E-state index in [4.69, 9.17) is 9.72 Å². The van der Waals surface area contributed by atoms with Gasteiger partial charge >= 0.3 is 6.03 Å². The van der Waals surface area contributed by atoms with Gasteiger partial charge in [-0.15, -0.1) is 0 Å². The molecule has 4 aliphatic heterocycles. The number of benzene rings is 2. The molecule has 6 amide bonds. The molecule has 0 spiro atoms. The number of fused-ring (bicyclic) bond motifs is 2. The second kappa shape index (κ2) is 17.5. The molecule has 0 unspecified atom stereocenters. The van der Waals surface area contributed by atoms with Gasteiger partial charge in [-0.25, -0.2) is 9.78 Å². The van der Waals surface area contributed by atoms with Crippen LogP contribution in [0.2, 0.25) is 0 Å². The summed E-state index contributed by atoms with van der Waals surface area (Å²) in [7, 11) is 0. The number of imide groups is 2. The Kier molecular flexibility index (Phi) is 11.7.